The summed E-state index contributed by atoms with van der Waals surface area (Å²) in [4.78, 5) is 17.5. The molecule has 33 heavy (non-hydrogen) atoms. The van der Waals surface area contributed by atoms with Crippen molar-refractivity contribution in [3.05, 3.63) is 69.5 Å². The molecule has 0 aliphatic rings. The molecule has 8 heteroatoms. The number of ether oxygens (including phenoxy) is 2. The summed E-state index contributed by atoms with van der Waals surface area (Å²) < 4.78 is 10.7. The number of benzene rings is 2. The third kappa shape index (κ3) is 6.46. The second kappa shape index (κ2) is 11.7. The molecule has 7 nitrogen and oxygen atoms in total. The largest absolute Gasteiger partial charge is 0.493 e. The van der Waals surface area contributed by atoms with Crippen molar-refractivity contribution in [2.75, 3.05) is 33.9 Å². The molecule has 2 aromatic carbocycles. The third-order valence-corrected chi connectivity index (χ3v) is 5.85. The Morgan fingerprint density at radius 2 is 1.91 bits per heavy atom. The Kier molecular flexibility index (Phi) is 8.68. The quantitative estimate of drug-likeness (QED) is 0.393. The number of hydrogen-bond donors (Lipinski definition) is 3. The predicted molar refractivity (Wildman–Crippen MR) is 135 cm³/mol. The van der Waals surface area contributed by atoms with E-state index < -0.39 is 0 Å². The second-order valence-corrected chi connectivity index (χ2v) is 8.27. The first-order valence-electron chi connectivity index (χ1n) is 10.9. The van der Waals surface area contributed by atoms with E-state index in [0.29, 0.717) is 48.2 Å². The first-order chi connectivity index (χ1) is 15.9. The van der Waals surface area contributed by atoms with Gasteiger partial charge in [-0.2, -0.15) is 0 Å². The van der Waals surface area contributed by atoms with Crippen molar-refractivity contribution in [3.63, 3.8) is 0 Å². The van der Waals surface area contributed by atoms with Crippen LogP contribution in [-0.2, 0) is 13.0 Å². The molecular weight excluding hydrogens is 438 g/mol. The molecular formula is C25H31N3O4S. The van der Waals surface area contributed by atoms with E-state index >= 15 is 0 Å². The van der Waals surface area contributed by atoms with E-state index in [4.69, 9.17) is 21.7 Å². The van der Waals surface area contributed by atoms with Crippen molar-refractivity contribution in [2.45, 2.75) is 26.3 Å². The van der Waals surface area contributed by atoms with Gasteiger partial charge in [0.25, 0.3) is 5.56 Å². The Morgan fingerprint density at radius 1 is 1.12 bits per heavy atom. The van der Waals surface area contributed by atoms with Crippen LogP contribution in [0.4, 0.5) is 0 Å². The Balaban J connectivity index is 1.68. The number of methoxy groups -OCH3 is 2. The van der Waals surface area contributed by atoms with Crippen molar-refractivity contribution in [1.29, 1.82) is 0 Å². The normalized spacial score (nSPS) is 10.8. The van der Waals surface area contributed by atoms with E-state index in [1.54, 1.807) is 14.2 Å². The van der Waals surface area contributed by atoms with Gasteiger partial charge in [-0.05, 0) is 73.3 Å². The van der Waals surface area contributed by atoms with Gasteiger partial charge in [0, 0.05) is 30.8 Å². The number of aryl methyl sites for hydroxylation is 1. The highest BCUT2D eigenvalue weighted by molar-refractivity contribution is 7.80. The van der Waals surface area contributed by atoms with Crippen molar-refractivity contribution >= 4 is 28.2 Å². The van der Waals surface area contributed by atoms with Crippen LogP contribution in [0.25, 0.3) is 10.9 Å². The summed E-state index contributed by atoms with van der Waals surface area (Å²) in [6.07, 6.45) is 1.30. The average Bonchev–Trinajstić information content (AvgIpc) is 2.81. The molecule has 3 N–H and O–H groups in total. The maximum atomic E-state index is 12.6. The molecule has 3 rings (SSSR count). The van der Waals surface area contributed by atoms with Gasteiger partial charge in [-0.1, -0.05) is 17.7 Å². The van der Waals surface area contributed by atoms with Gasteiger partial charge in [-0.25, -0.2) is 0 Å². The minimum Gasteiger partial charge on any atom is -0.493 e. The van der Waals surface area contributed by atoms with Gasteiger partial charge in [0.2, 0.25) is 0 Å². The molecule has 0 atom stereocenters. The lowest BCUT2D eigenvalue weighted by atomic mass is 10.1. The molecule has 0 saturated heterocycles. The van der Waals surface area contributed by atoms with Crippen LogP contribution in [0, 0.1) is 6.92 Å². The van der Waals surface area contributed by atoms with Crippen LogP contribution < -0.4 is 20.3 Å². The zero-order chi connectivity index (χ0) is 23.8. The fourth-order valence-electron chi connectivity index (χ4n) is 3.67. The lowest BCUT2D eigenvalue weighted by molar-refractivity contribution is 0.264. The molecule has 0 spiro atoms. The number of fused-ring (bicyclic) bond motifs is 1. The van der Waals surface area contributed by atoms with Crippen molar-refractivity contribution in [2.24, 2.45) is 0 Å². The number of rotatable bonds is 10. The Hall–Kier alpha value is -3.10. The van der Waals surface area contributed by atoms with Crippen LogP contribution >= 0.6 is 12.2 Å². The number of aromatic amines is 1. The van der Waals surface area contributed by atoms with E-state index in [2.05, 4.69) is 10.3 Å². The van der Waals surface area contributed by atoms with Gasteiger partial charge in [0.1, 0.15) is 0 Å². The molecule has 0 amide bonds. The molecule has 0 saturated carbocycles. The first-order valence-corrected chi connectivity index (χ1v) is 11.3. The van der Waals surface area contributed by atoms with Gasteiger partial charge in [-0.3, -0.25) is 4.79 Å². The second-order valence-electron chi connectivity index (χ2n) is 7.88. The Labute approximate surface area is 199 Å². The highest BCUT2D eigenvalue weighted by atomic mass is 32.1. The van der Waals surface area contributed by atoms with Crippen LogP contribution in [0.3, 0.4) is 0 Å². The summed E-state index contributed by atoms with van der Waals surface area (Å²) in [6.45, 7) is 3.61. The standard InChI is InChI=1S/C25H31N3O4S/c1-17-5-7-21-19(13-17)15-20(24(30)27-21)16-28(11-4-12-29)25(33)26-10-9-18-6-8-22(31-2)23(14-18)32-3/h5-8,13-15,29H,4,9-12,16H2,1-3H3,(H,26,33)(H,27,30). The van der Waals surface area contributed by atoms with Crippen LogP contribution in [0.15, 0.2) is 47.3 Å². The van der Waals surface area contributed by atoms with Crippen molar-refractivity contribution in [3.8, 4) is 11.5 Å². The van der Waals surface area contributed by atoms with E-state index in [1.165, 1.54) is 0 Å². The molecule has 0 aliphatic heterocycles. The molecule has 0 unspecified atom stereocenters. The number of nitrogens with one attached hydrogen (secondary N) is 2. The summed E-state index contributed by atoms with van der Waals surface area (Å²) in [5, 5.41) is 14.1. The Morgan fingerprint density at radius 3 is 2.64 bits per heavy atom. The number of nitrogens with zero attached hydrogens (tertiary/aromatic N) is 1. The smallest absolute Gasteiger partial charge is 0.253 e. The van der Waals surface area contributed by atoms with Gasteiger partial charge < -0.3 is 29.8 Å². The summed E-state index contributed by atoms with van der Waals surface area (Å²) in [7, 11) is 3.23. The number of aliphatic hydroxyl groups is 1. The number of H-pyrrole nitrogens is 1. The molecule has 0 radical (unpaired) electrons. The molecule has 0 aliphatic carbocycles. The maximum Gasteiger partial charge on any atom is 0.253 e. The minimum atomic E-state index is -0.131. The molecule has 176 valence electrons. The first kappa shape index (κ1) is 24.5. The lowest BCUT2D eigenvalue weighted by Crippen LogP contribution is -2.41. The average molecular weight is 470 g/mol. The summed E-state index contributed by atoms with van der Waals surface area (Å²) in [5.74, 6) is 1.38. The lowest BCUT2D eigenvalue weighted by Gasteiger charge is -2.25. The van der Waals surface area contributed by atoms with Crippen LogP contribution in [-0.4, -0.2) is 54.0 Å². The fourth-order valence-corrected chi connectivity index (χ4v) is 3.93. The third-order valence-electron chi connectivity index (χ3n) is 5.45. The monoisotopic (exact) mass is 469 g/mol. The molecule has 1 aromatic heterocycles. The van der Waals surface area contributed by atoms with Gasteiger partial charge in [0.05, 0.1) is 20.8 Å². The predicted octanol–water partition coefficient (Wildman–Crippen LogP) is 3.16. The highest BCUT2D eigenvalue weighted by Crippen LogP contribution is 2.27. The van der Waals surface area contributed by atoms with Crippen molar-refractivity contribution in [1.82, 2.24) is 15.2 Å². The summed E-state index contributed by atoms with van der Waals surface area (Å²) in [6, 6.07) is 13.7. The maximum absolute atomic E-state index is 12.6. The number of pyridine rings is 1. The summed E-state index contributed by atoms with van der Waals surface area (Å²) >= 11 is 5.63. The van der Waals surface area contributed by atoms with Gasteiger partial charge in [0.15, 0.2) is 16.6 Å². The number of aromatic nitrogens is 1. The zero-order valence-corrected chi connectivity index (χ0v) is 20.1. The SMILES string of the molecule is COc1ccc(CCNC(=S)N(CCCO)Cc2cc3cc(C)ccc3[nH]c2=O)cc1OC. The molecule has 1 heterocycles. The zero-order valence-electron chi connectivity index (χ0n) is 19.3. The fraction of sp³-hybridized carbons (Fsp3) is 0.360. The van der Waals surface area contributed by atoms with Crippen LogP contribution in [0.5, 0.6) is 11.5 Å². The van der Waals surface area contributed by atoms with Gasteiger partial charge in [-0.15, -0.1) is 0 Å². The highest BCUT2D eigenvalue weighted by Gasteiger charge is 2.13. The van der Waals surface area contributed by atoms with E-state index in [-0.39, 0.29) is 12.2 Å². The van der Waals surface area contributed by atoms with Crippen molar-refractivity contribution < 1.29 is 14.6 Å². The molecule has 0 fully saturated rings. The number of hydrogen-bond acceptors (Lipinski definition) is 5. The van der Waals surface area contributed by atoms with Crippen LogP contribution in [0.2, 0.25) is 0 Å². The van der Waals surface area contributed by atoms with Gasteiger partial charge >= 0.3 is 0 Å². The molecule has 0 bridgehead atoms. The van der Waals surface area contributed by atoms with E-state index in [1.807, 2.05) is 54.3 Å². The van der Waals surface area contributed by atoms with E-state index in [9.17, 15) is 9.90 Å². The molecule has 3 aromatic rings. The van der Waals surface area contributed by atoms with E-state index in [0.717, 1.165) is 28.5 Å². The van der Waals surface area contributed by atoms with Crippen LogP contribution in [0.1, 0.15) is 23.1 Å². The number of aliphatic hydroxyl groups excluding tert-OH is 1. The summed E-state index contributed by atoms with van der Waals surface area (Å²) in [5.41, 5.74) is 3.53. The Bertz CT molecular complexity index is 1160. The minimum absolute atomic E-state index is 0.0536. The topological polar surface area (TPSA) is 86.8 Å². The number of thiocarbonyl (C=S) groups is 1.